The maximum atomic E-state index is 13.6. The summed E-state index contributed by atoms with van der Waals surface area (Å²) >= 11 is 1.47. The number of halogens is 1. The quantitative estimate of drug-likeness (QED) is 0.339. The van der Waals surface area contributed by atoms with Gasteiger partial charge in [0.2, 0.25) is 10.0 Å². The highest BCUT2D eigenvalue weighted by atomic mass is 32.2. The third kappa shape index (κ3) is 5.18. The molecule has 0 spiro atoms. The van der Waals surface area contributed by atoms with E-state index in [9.17, 15) is 18.1 Å². The average Bonchev–Trinajstić information content (AvgIpc) is 2.84. The van der Waals surface area contributed by atoms with Crippen LogP contribution >= 0.6 is 11.8 Å². The van der Waals surface area contributed by atoms with Crippen molar-refractivity contribution in [3.05, 3.63) is 102 Å². The molecule has 170 valence electrons. The molecule has 4 aromatic rings. The summed E-state index contributed by atoms with van der Waals surface area (Å²) in [4.78, 5) is 4.81. The minimum atomic E-state index is -3.84. The molecule has 0 saturated carbocycles. The second kappa shape index (κ2) is 9.77. The van der Waals surface area contributed by atoms with Crippen LogP contribution in [0.25, 0.3) is 22.4 Å². The molecule has 1 unspecified atom stereocenters. The Kier molecular flexibility index (Phi) is 6.80. The van der Waals surface area contributed by atoms with Crippen molar-refractivity contribution in [2.24, 2.45) is 5.14 Å². The maximum absolute atomic E-state index is 13.6. The Morgan fingerprint density at radius 3 is 2.18 bits per heavy atom. The first-order valence-electron chi connectivity index (χ1n) is 10.3. The van der Waals surface area contributed by atoms with Crippen LogP contribution in [-0.2, 0) is 10.0 Å². The number of nitriles is 1. The summed E-state index contributed by atoms with van der Waals surface area (Å²) in [7, 11) is -3.84. The SMILES string of the molecule is CC(Sc1nc(-c2ccc(F)cc2)c(-c2ccc(S(N)(=O)=O)cc2)cc1C#N)c1ccccc1. The fraction of sp³-hybridized carbons (Fsp3) is 0.0769. The van der Waals surface area contributed by atoms with Gasteiger partial charge in [0.05, 0.1) is 16.2 Å². The Balaban J connectivity index is 1.85. The van der Waals surface area contributed by atoms with Gasteiger partial charge in [-0.15, -0.1) is 0 Å². The monoisotopic (exact) mass is 489 g/mol. The van der Waals surface area contributed by atoms with Crippen molar-refractivity contribution in [1.82, 2.24) is 4.98 Å². The smallest absolute Gasteiger partial charge is 0.238 e. The molecule has 5 nitrogen and oxygen atoms in total. The summed E-state index contributed by atoms with van der Waals surface area (Å²) in [5.41, 5.74) is 4.01. The highest BCUT2D eigenvalue weighted by Crippen LogP contribution is 2.40. The molecular formula is C26H20FN3O2S2. The Morgan fingerprint density at radius 1 is 0.971 bits per heavy atom. The van der Waals surface area contributed by atoms with Crippen LogP contribution in [0, 0.1) is 17.1 Å². The van der Waals surface area contributed by atoms with Crippen LogP contribution in [-0.4, -0.2) is 13.4 Å². The van der Waals surface area contributed by atoms with Crippen molar-refractivity contribution in [3.63, 3.8) is 0 Å². The zero-order valence-corrected chi connectivity index (χ0v) is 19.8. The van der Waals surface area contributed by atoms with E-state index < -0.39 is 10.0 Å². The number of nitrogens with zero attached hydrogens (tertiary/aromatic N) is 2. The topological polar surface area (TPSA) is 96.8 Å². The highest BCUT2D eigenvalue weighted by Gasteiger charge is 2.19. The molecule has 0 aliphatic rings. The van der Waals surface area contributed by atoms with Gasteiger partial charge < -0.3 is 0 Å². The number of thioether (sulfide) groups is 1. The van der Waals surface area contributed by atoms with Gasteiger partial charge in [-0.05, 0) is 60.5 Å². The van der Waals surface area contributed by atoms with Gasteiger partial charge in [0.25, 0.3) is 0 Å². The van der Waals surface area contributed by atoms with Gasteiger partial charge >= 0.3 is 0 Å². The molecule has 0 fully saturated rings. The number of aromatic nitrogens is 1. The van der Waals surface area contributed by atoms with E-state index in [0.717, 1.165) is 5.56 Å². The van der Waals surface area contributed by atoms with E-state index in [4.69, 9.17) is 10.1 Å². The van der Waals surface area contributed by atoms with Crippen LogP contribution in [0.1, 0.15) is 23.3 Å². The standard InChI is InChI=1S/C26H20FN3O2S2/c1-17(18-5-3-2-4-6-18)33-26-21(16-28)15-24(19-9-13-23(14-10-19)34(29,31)32)25(30-26)20-7-11-22(27)12-8-20/h2-15,17H,1H3,(H2,29,31,32). The van der Waals surface area contributed by atoms with Crippen LogP contribution in [0.3, 0.4) is 0 Å². The predicted molar refractivity (Wildman–Crippen MR) is 132 cm³/mol. The Labute approximate surface area is 202 Å². The largest absolute Gasteiger partial charge is 0.239 e. The average molecular weight is 490 g/mol. The maximum Gasteiger partial charge on any atom is 0.238 e. The molecule has 1 aromatic heterocycles. The van der Waals surface area contributed by atoms with E-state index >= 15 is 0 Å². The van der Waals surface area contributed by atoms with Gasteiger partial charge in [-0.1, -0.05) is 54.2 Å². The molecule has 0 aliphatic carbocycles. The summed E-state index contributed by atoms with van der Waals surface area (Å²) in [6.07, 6.45) is 0. The minimum absolute atomic E-state index is 0.0168. The van der Waals surface area contributed by atoms with Gasteiger partial charge in [0.15, 0.2) is 0 Å². The summed E-state index contributed by atoms with van der Waals surface area (Å²) < 4.78 is 36.9. The summed E-state index contributed by atoms with van der Waals surface area (Å²) in [5.74, 6) is -0.372. The van der Waals surface area contributed by atoms with E-state index in [1.54, 1.807) is 30.3 Å². The number of nitrogens with two attached hydrogens (primary N) is 1. The lowest BCUT2D eigenvalue weighted by atomic mass is 9.98. The zero-order valence-electron chi connectivity index (χ0n) is 18.1. The van der Waals surface area contributed by atoms with Crippen LogP contribution in [0.2, 0.25) is 0 Å². The van der Waals surface area contributed by atoms with Crippen molar-refractivity contribution in [3.8, 4) is 28.5 Å². The van der Waals surface area contributed by atoms with Crippen molar-refractivity contribution >= 4 is 21.8 Å². The van der Waals surface area contributed by atoms with Gasteiger partial charge in [-0.25, -0.2) is 22.9 Å². The first-order valence-corrected chi connectivity index (χ1v) is 12.7. The lowest BCUT2D eigenvalue weighted by molar-refractivity contribution is 0.598. The summed E-state index contributed by atoms with van der Waals surface area (Å²) in [5, 5.41) is 15.7. The molecule has 1 atom stereocenters. The Morgan fingerprint density at radius 2 is 1.59 bits per heavy atom. The Hall–Kier alpha value is -3.51. The lowest BCUT2D eigenvalue weighted by Crippen LogP contribution is -2.11. The zero-order chi connectivity index (χ0) is 24.3. The Bertz CT molecular complexity index is 1470. The van der Waals surface area contributed by atoms with Gasteiger partial charge in [-0.3, -0.25) is 0 Å². The summed E-state index contributed by atoms with van der Waals surface area (Å²) in [6.45, 7) is 2.04. The molecule has 0 radical (unpaired) electrons. The second-order valence-electron chi connectivity index (χ2n) is 7.60. The predicted octanol–water partition coefficient (Wildman–Crippen LogP) is 5.93. The third-order valence-electron chi connectivity index (χ3n) is 5.28. The van der Waals surface area contributed by atoms with Crippen molar-refractivity contribution in [2.45, 2.75) is 22.1 Å². The molecule has 0 bridgehead atoms. The third-order valence-corrected chi connectivity index (χ3v) is 7.37. The molecule has 4 rings (SSSR count). The molecule has 1 heterocycles. The number of benzene rings is 3. The van der Waals surface area contributed by atoms with Gasteiger partial charge in [0, 0.05) is 16.4 Å². The fourth-order valence-electron chi connectivity index (χ4n) is 3.50. The van der Waals surface area contributed by atoms with E-state index in [1.165, 1.54) is 36.0 Å². The molecular weight excluding hydrogens is 469 g/mol. The number of sulfonamides is 1. The number of hydrogen-bond donors (Lipinski definition) is 1. The lowest BCUT2D eigenvalue weighted by Gasteiger charge is -2.16. The molecule has 3 aromatic carbocycles. The first-order chi connectivity index (χ1) is 16.3. The van der Waals surface area contributed by atoms with E-state index in [0.29, 0.717) is 33.0 Å². The molecule has 0 amide bonds. The molecule has 34 heavy (non-hydrogen) atoms. The van der Waals surface area contributed by atoms with Gasteiger partial charge in [0.1, 0.15) is 16.9 Å². The van der Waals surface area contributed by atoms with E-state index in [1.807, 2.05) is 37.3 Å². The minimum Gasteiger partial charge on any atom is -0.239 e. The van der Waals surface area contributed by atoms with Crippen LogP contribution < -0.4 is 5.14 Å². The van der Waals surface area contributed by atoms with Gasteiger partial charge in [-0.2, -0.15) is 5.26 Å². The van der Waals surface area contributed by atoms with E-state index in [2.05, 4.69) is 6.07 Å². The summed E-state index contributed by atoms with van der Waals surface area (Å²) in [6, 6.07) is 25.9. The number of rotatable bonds is 6. The second-order valence-corrected chi connectivity index (χ2v) is 10.5. The van der Waals surface area contributed by atoms with Crippen molar-refractivity contribution in [1.29, 1.82) is 5.26 Å². The van der Waals surface area contributed by atoms with E-state index in [-0.39, 0.29) is 16.0 Å². The number of hydrogen-bond acceptors (Lipinski definition) is 5. The van der Waals surface area contributed by atoms with Crippen LogP contribution in [0.4, 0.5) is 4.39 Å². The molecule has 8 heteroatoms. The fourth-order valence-corrected chi connectivity index (χ4v) is 5.02. The molecule has 0 saturated heterocycles. The molecule has 2 N–H and O–H groups in total. The van der Waals surface area contributed by atoms with Crippen molar-refractivity contribution in [2.75, 3.05) is 0 Å². The highest BCUT2D eigenvalue weighted by molar-refractivity contribution is 7.99. The van der Waals surface area contributed by atoms with Crippen LogP contribution in [0.5, 0.6) is 0 Å². The number of pyridine rings is 1. The first kappa shape index (κ1) is 23.6. The molecule has 0 aliphatic heterocycles. The van der Waals surface area contributed by atoms with Crippen LogP contribution in [0.15, 0.2) is 94.9 Å². The number of primary sulfonamides is 1. The normalized spacial score (nSPS) is 12.2. The van der Waals surface area contributed by atoms with Crippen molar-refractivity contribution < 1.29 is 12.8 Å².